The maximum atomic E-state index is 10.9. The highest BCUT2D eigenvalue weighted by atomic mass is 16.2. The van der Waals surface area contributed by atoms with E-state index in [4.69, 9.17) is 0 Å². The van der Waals surface area contributed by atoms with Crippen molar-refractivity contribution in [1.82, 2.24) is 4.90 Å². The van der Waals surface area contributed by atoms with Gasteiger partial charge in [-0.05, 0) is 24.7 Å². The van der Waals surface area contributed by atoms with Crippen LogP contribution in [0.1, 0.15) is 19.3 Å². The van der Waals surface area contributed by atoms with Gasteiger partial charge >= 0.3 is 0 Å². The summed E-state index contributed by atoms with van der Waals surface area (Å²) in [7, 11) is 0. The van der Waals surface area contributed by atoms with Gasteiger partial charge in [0.2, 0.25) is 5.91 Å². The van der Waals surface area contributed by atoms with Crippen molar-refractivity contribution < 1.29 is 4.79 Å². The van der Waals surface area contributed by atoms with E-state index in [1.54, 1.807) is 0 Å². The molecule has 1 aliphatic heterocycles. The second-order valence-corrected chi connectivity index (χ2v) is 3.75. The number of hydrogen-bond donors (Lipinski definition) is 0. The van der Waals surface area contributed by atoms with Crippen LogP contribution in [0, 0.1) is 18.8 Å². The number of rotatable bonds is 0. The molecule has 2 rings (SSSR count). The summed E-state index contributed by atoms with van der Waals surface area (Å²) >= 11 is 0. The molecular weight excluding hydrogens is 138 g/mol. The highest BCUT2D eigenvalue weighted by molar-refractivity contribution is 5.80. The molecule has 0 aromatic rings. The summed E-state index contributed by atoms with van der Waals surface area (Å²) in [6.07, 6.45) is 4.03. The molecule has 1 aliphatic carbocycles. The molecule has 2 atom stereocenters. The van der Waals surface area contributed by atoms with E-state index in [1.165, 1.54) is 19.3 Å². The van der Waals surface area contributed by atoms with E-state index in [9.17, 15) is 4.79 Å². The Balaban J connectivity index is 1.99. The van der Waals surface area contributed by atoms with E-state index in [-0.39, 0.29) is 5.91 Å². The van der Waals surface area contributed by atoms with Crippen molar-refractivity contribution in [3.63, 3.8) is 0 Å². The minimum Gasteiger partial charge on any atom is -0.342 e. The molecule has 61 valence electrons. The fourth-order valence-electron chi connectivity index (χ4n) is 2.44. The van der Waals surface area contributed by atoms with Gasteiger partial charge in [-0.1, -0.05) is 6.42 Å². The van der Waals surface area contributed by atoms with E-state index >= 15 is 0 Å². The minimum absolute atomic E-state index is 0.0133. The van der Waals surface area contributed by atoms with Crippen molar-refractivity contribution in [3.05, 3.63) is 6.92 Å². The fraction of sp³-hybridized carbons (Fsp3) is 0.778. The van der Waals surface area contributed by atoms with Gasteiger partial charge in [0.15, 0.2) is 0 Å². The third kappa shape index (κ3) is 1.15. The van der Waals surface area contributed by atoms with E-state index in [0.29, 0.717) is 0 Å². The first-order valence-corrected chi connectivity index (χ1v) is 4.38. The molecule has 1 saturated heterocycles. The van der Waals surface area contributed by atoms with Crippen molar-refractivity contribution in [2.45, 2.75) is 19.3 Å². The molecule has 1 radical (unpaired) electrons. The van der Waals surface area contributed by atoms with Crippen LogP contribution in [0.2, 0.25) is 0 Å². The van der Waals surface area contributed by atoms with Crippen LogP contribution >= 0.6 is 0 Å². The lowest BCUT2D eigenvalue weighted by Gasteiger charge is -2.13. The summed E-state index contributed by atoms with van der Waals surface area (Å²) < 4.78 is 0. The van der Waals surface area contributed by atoms with Gasteiger partial charge in [-0.15, -0.1) is 0 Å². The third-order valence-electron chi connectivity index (χ3n) is 3.08. The predicted octanol–water partition coefficient (Wildman–Crippen LogP) is 1.08. The number of carbonyl (C=O) groups excluding carboxylic acids is 1. The Bertz CT molecular complexity index is 166. The lowest BCUT2D eigenvalue weighted by atomic mass is 10.0. The van der Waals surface area contributed by atoms with Crippen molar-refractivity contribution >= 4 is 5.91 Å². The second kappa shape index (κ2) is 2.50. The molecular formula is C9H14NO. The first kappa shape index (κ1) is 7.14. The molecule has 0 aromatic carbocycles. The van der Waals surface area contributed by atoms with Crippen LogP contribution in [0.3, 0.4) is 0 Å². The highest BCUT2D eigenvalue weighted by Crippen LogP contribution is 2.37. The van der Waals surface area contributed by atoms with Crippen LogP contribution in [0.5, 0.6) is 0 Å². The zero-order valence-electron chi connectivity index (χ0n) is 6.75. The summed E-state index contributed by atoms with van der Waals surface area (Å²) in [5.41, 5.74) is 0. The average Bonchev–Trinajstić information content (AvgIpc) is 2.40. The second-order valence-electron chi connectivity index (χ2n) is 3.75. The largest absolute Gasteiger partial charge is 0.342 e. The molecule has 1 saturated carbocycles. The van der Waals surface area contributed by atoms with Crippen molar-refractivity contribution in [3.8, 4) is 0 Å². The Morgan fingerprint density at radius 3 is 2.27 bits per heavy atom. The smallest absolute Gasteiger partial charge is 0.223 e. The molecule has 2 heteroatoms. The summed E-state index contributed by atoms with van der Waals surface area (Å²) in [6, 6.07) is 0. The Morgan fingerprint density at radius 1 is 1.27 bits per heavy atom. The van der Waals surface area contributed by atoms with E-state index in [0.717, 1.165) is 24.9 Å². The fourth-order valence-corrected chi connectivity index (χ4v) is 2.44. The Kier molecular flexibility index (Phi) is 1.63. The number of nitrogens with zero attached hydrogens (tertiary/aromatic N) is 1. The predicted molar refractivity (Wildman–Crippen MR) is 42.8 cm³/mol. The number of hydrogen-bond acceptors (Lipinski definition) is 1. The van der Waals surface area contributed by atoms with E-state index < -0.39 is 0 Å². The summed E-state index contributed by atoms with van der Waals surface area (Å²) in [4.78, 5) is 12.8. The first-order chi connectivity index (χ1) is 5.27. The summed E-state index contributed by atoms with van der Waals surface area (Å²) in [6.45, 7) is 5.39. The molecule has 1 amide bonds. The maximum absolute atomic E-state index is 10.9. The van der Waals surface area contributed by atoms with E-state index in [1.807, 2.05) is 4.90 Å². The van der Waals surface area contributed by atoms with Crippen LogP contribution in [-0.2, 0) is 4.79 Å². The molecule has 2 unspecified atom stereocenters. The van der Waals surface area contributed by atoms with Crippen LogP contribution < -0.4 is 0 Å². The molecule has 1 heterocycles. The zero-order chi connectivity index (χ0) is 7.84. The average molecular weight is 152 g/mol. The number of amides is 1. The van der Waals surface area contributed by atoms with Crippen LogP contribution in [0.15, 0.2) is 0 Å². The standard InChI is InChI=1S/C9H14NO/c1-7(11)10-5-8-3-2-4-9(8)6-10/h8-9H,1-6H2. The Morgan fingerprint density at radius 2 is 1.82 bits per heavy atom. The lowest BCUT2D eigenvalue weighted by molar-refractivity contribution is -0.125. The third-order valence-corrected chi connectivity index (χ3v) is 3.08. The Labute approximate surface area is 67.6 Å². The molecule has 2 nitrogen and oxygen atoms in total. The molecule has 2 aliphatic rings. The van der Waals surface area contributed by atoms with Crippen molar-refractivity contribution in [1.29, 1.82) is 0 Å². The summed E-state index contributed by atoms with van der Waals surface area (Å²) in [5, 5.41) is 0. The van der Waals surface area contributed by atoms with Crippen LogP contribution in [0.4, 0.5) is 0 Å². The minimum atomic E-state index is 0.0133. The topological polar surface area (TPSA) is 20.3 Å². The molecule has 11 heavy (non-hydrogen) atoms. The van der Waals surface area contributed by atoms with Gasteiger partial charge in [0.1, 0.15) is 0 Å². The molecule has 0 spiro atoms. The van der Waals surface area contributed by atoms with Gasteiger partial charge in [0, 0.05) is 20.0 Å². The summed E-state index contributed by atoms with van der Waals surface area (Å²) in [5.74, 6) is 1.63. The molecule has 0 aromatic heterocycles. The van der Waals surface area contributed by atoms with Crippen LogP contribution in [-0.4, -0.2) is 23.9 Å². The van der Waals surface area contributed by atoms with E-state index in [2.05, 4.69) is 6.92 Å². The molecule has 2 fully saturated rings. The Hall–Kier alpha value is -0.530. The zero-order valence-corrected chi connectivity index (χ0v) is 6.75. The SMILES string of the molecule is [CH2]C(=O)N1CC2CCCC2C1. The number of fused-ring (bicyclic) bond motifs is 1. The van der Waals surface area contributed by atoms with Crippen LogP contribution in [0.25, 0.3) is 0 Å². The quantitative estimate of drug-likeness (QED) is 0.508. The van der Waals surface area contributed by atoms with Gasteiger partial charge in [-0.3, -0.25) is 4.79 Å². The molecule has 0 bridgehead atoms. The monoisotopic (exact) mass is 152 g/mol. The first-order valence-electron chi connectivity index (χ1n) is 4.38. The van der Waals surface area contributed by atoms with Gasteiger partial charge in [0.25, 0.3) is 0 Å². The normalized spacial score (nSPS) is 35.9. The molecule has 0 N–H and O–H groups in total. The number of likely N-dealkylation sites (tertiary alicyclic amines) is 1. The van der Waals surface area contributed by atoms with Gasteiger partial charge in [-0.2, -0.15) is 0 Å². The van der Waals surface area contributed by atoms with Crippen molar-refractivity contribution in [2.75, 3.05) is 13.1 Å². The number of carbonyl (C=O) groups is 1. The van der Waals surface area contributed by atoms with Crippen molar-refractivity contribution in [2.24, 2.45) is 11.8 Å². The van der Waals surface area contributed by atoms with Gasteiger partial charge in [-0.25, -0.2) is 0 Å². The maximum Gasteiger partial charge on any atom is 0.223 e. The lowest BCUT2D eigenvalue weighted by Crippen LogP contribution is -2.26. The van der Waals surface area contributed by atoms with Gasteiger partial charge in [0.05, 0.1) is 0 Å². The van der Waals surface area contributed by atoms with Gasteiger partial charge < -0.3 is 4.90 Å². The highest BCUT2D eigenvalue weighted by Gasteiger charge is 2.36.